The van der Waals surface area contributed by atoms with Gasteiger partial charge in [0.2, 0.25) is 0 Å². The minimum absolute atomic E-state index is 0.0282. The molecular weight excluding hydrogens is 388 g/mol. The number of aliphatic hydroxyl groups is 1. The molecule has 31 heavy (non-hydrogen) atoms. The summed E-state index contributed by atoms with van der Waals surface area (Å²) < 4.78 is 10.8. The lowest BCUT2D eigenvalue weighted by Gasteiger charge is -2.26. The maximum atomic E-state index is 11.2. The van der Waals surface area contributed by atoms with Crippen LogP contribution in [0.2, 0.25) is 0 Å². The molecule has 4 nitrogen and oxygen atoms in total. The van der Waals surface area contributed by atoms with E-state index < -0.39 is 5.97 Å². The summed E-state index contributed by atoms with van der Waals surface area (Å²) in [6.07, 6.45) is 7.82. The van der Waals surface area contributed by atoms with Crippen LogP contribution in [0.5, 0.6) is 5.75 Å². The monoisotopic (exact) mass is 422 g/mol. The number of aryl methyl sites for hydroxylation is 1. The van der Waals surface area contributed by atoms with Crippen LogP contribution < -0.4 is 4.74 Å². The summed E-state index contributed by atoms with van der Waals surface area (Å²) in [6.45, 7) is 6.33. The average molecular weight is 423 g/mol. The lowest BCUT2D eigenvalue weighted by atomic mass is 9.79. The summed E-state index contributed by atoms with van der Waals surface area (Å²) in [7, 11) is 0. The fourth-order valence-corrected chi connectivity index (χ4v) is 4.29. The van der Waals surface area contributed by atoms with E-state index in [9.17, 15) is 4.79 Å². The van der Waals surface area contributed by atoms with Gasteiger partial charge in [-0.2, -0.15) is 0 Å². The number of hydrogen-bond acceptors (Lipinski definition) is 4. The molecule has 0 radical (unpaired) electrons. The average Bonchev–Trinajstić information content (AvgIpc) is 2.81. The van der Waals surface area contributed by atoms with Crippen molar-refractivity contribution in [2.45, 2.75) is 51.4 Å². The highest BCUT2D eigenvalue weighted by molar-refractivity contribution is 5.81. The van der Waals surface area contributed by atoms with Crippen LogP contribution in [0.3, 0.4) is 0 Å². The quantitative estimate of drug-likeness (QED) is 0.304. The fourth-order valence-electron chi connectivity index (χ4n) is 4.29. The summed E-state index contributed by atoms with van der Waals surface area (Å²) in [5, 5.41) is 9.11. The maximum Gasteiger partial charge on any atom is 0.330 e. The van der Waals surface area contributed by atoms with Gasteiger partial charge < -0.3 is 14.6 Å². The number of hydrogen-bond donors (Lipinski definition) is 1. The molecule has 2 aromatic rings. The molecule has 0 spiro atoms. The molecule has 0 atom stereocenters. The Hall–Kier alpha value is -2.59. The molecular formula is C27H34O4. The standard InChI is InChI=1S/C27H34O4/c1-3-27(29)31-17-4-5-25-19-24(14-15-26(25)30-18-16-28)23-12-10-22(11-13-23)21-8-6-20(2)7-9-21/h3,10-15,19-21,28H,1,4-9,16-18H2,2H3. The highest BCUT2D eigenvalue weighted by Crippen LogP contribution is 2.36. The van der Waals surface area contributed by atoms with Crippen molar-refractivity contribution in [2.75, 3.05) is 19.8 Å². The third-order valence-corrected chi connectivity index (χ3v) is 6.14. The van der Waals surface area contributed by atoms with Crippen molar-refractivity contribution >= 4 is 5.97 Å². The van der Waals surface area contributed by atoms with E-state index in [1.165, 1.54) is 42.9 Å². The van der Waals surface area contributed by atoms with Crippen LogP contribution in [-0.4, -0.2) is 30.9 Å². The smallest absolute Gasteiger partial charge is 0.330 e. The van der Waals surface area contributed by atoms with Gasteiger partial charge in [-0.1, -0.05) is 56.7 Å². The summed E-state index contributed by atoms with van der Waals surface area (Å²) >= 11 is 0. The van der Waals surface area contributed by atoms with Crippen molar-refractivity contribution in [1.29, 1.82) is 0 Å². The Bertz CT molecular complexity index is 848. The summed E-state index contributed by atoms with van der Waals surface area (Å²) in [4.78, 5) is 11.2. The van der Waals surface area contributed by atoms with Crippen molar-refractivity contribution in [2.24, 2.45) is 5.92 Å². The van der Waals surface area contributed by atoms with E-state index in [0.717, 1.165) is 29.2 Å². The largest absolute Gasteiger partial charge is 0.491 e. The lowest BCUT2D eigenvalue weighted by Crippen LogP contribution is -2.10. The number of carbonyl (C=O) groups excluding carboxylic acids is 1. The Morgan fingerprint density at radius 3 is 2.45 bits per heavy atom. The predicted octanol–water partition coefficient (Wildman–Crippen LogP) is 5.68. The van der Waals surface area contributed by atoms with E-state index in [4.69, 9.17) is 14.6 Å². The Morgan fingerprint density at radius 1 is 1.06 bits per heavy atom. The van der Waals surface area contributed by atoms with Crippen LogP contribution in [0.25, 0.3) is 11.1 Å². The number of rotatable bonds is 10. The molecule has 4 heteroatoms. The minimum atomic E-state index is -0.405. The third-order valence-electron chi connectivity index (χ3n) is 6.14. The Labute approximate surface area is 185 Å². The van der Waals surface area contributed by atoms with Gasteiger partial charge in [-0.3, -0.25) is 0 Å². The first-order valence-electron chi connectivity index (χ1n) is 11.4. The third kappa shape index (κ3) is 6.70. The Kier molecular flexibility index (Phi) is 8.72. The van der Waals surface area contributed by atoms with Gasteiger partial charge in [0.05, 0.1) is 13.2 Å². The zero-order valence-corrected chi connectivity index (χ0v) is 18.5. The second-order valence-electron chi connectivity index (χ2n) is 8.45. The van der Waals surface area contributed by atoms with Gasteiger partial charge in [-0.05, 0) is 71.9 Å². The van der Waals surface area contributed by atoms with Crippen molar-refractivity contribution in [3.05, 3.63) is 66.2 Å². The number of carbonyl (C=O) groups is 1. The molecule has 0 heterocycles. The first kappa shape index (κ1) is 23.1. The topological polar surface area (TPSA) is 55.8 Å². The van der Waals surface area contributed by atoms with E-state index in [-0.39, 0.29) is 13.2 Å². The van der Waals surface area contributed by atoms with Gasteiger partial charge in [0.25, 0.3) is 0 Å². The summed E-state index contributed by atoms with van der Waals surface area (Å²) in [6, 6.07) is 15.2. The SMILES string of the molecule is C=CC(=O)OCCCc1cc(-c2ccc(C3CCC(C)CC3)cc2)ccc1OCCO. The van der Waals surface area contributed by atoms with E-state index in [1.54, 1.807) is 0 Å². The minimum Gasteiger partial charge on any atom is -0.491 e. The number of benzene rings is 2. The van der Waals surface area contributed by atoms with Crippen molar-refractivity contribution < 1.29 is 19.4 Å². The first-order chi connectivity index (χ1) is 15.1. The van der Waals surface area contributed by atoms with Gasteiger partial charge >= 0.3 is 5.97 Å². The number of esters is 1. The molecule has 0 saturated heterocycles. The number of aliphatic hydroxyl groups excluding tert-OH is 1. The van der Waals surface area contributed by atoms with Gasteiger partial charge in [-0.15, -0.1) is 0 Å². The van der Waals surface area contributed by atoms with Crippen LogP contribution >= 0.6 is 0 Å². The van der Waals surface area contributed by atoms with E-state index in [1.807, 2.05) is 6.07 Å². The van der Waals surface area contributed by atoms with Crippen molar-refractivity contribution in [3.63, 3.8) is 0 Å². The lowest BCUT2D eigenvalue weighted by molar-refractivity contribution is -0.137. The van der Waals surface area contributed by atoms with Crippen molar-refractivity contribution in [3.8, 4) is 16.9 Å². The second-order valence-corrected chi connectivity index (χ2v) is 8.45. The van der Waals surface area contributed by atoms with Crippen molar-refractivity contribution in [1.82, 2.24) is 0 Å². The highest BCUT2D eigenvalue weighted by Gasteiger charge is 2.19. The molecule has 1 fully saturated rings. The van der Waals surface area contributed by atoms with Gasteiger partial charge in [0.1, 0.15) is 12.4 Å². The number of ether oxygens (including phenoxy) is 2. The zero-order valence-electron chi connectivity index (χ0n) is 18.5. The summed E-state index contributed by atoms with van der Waals surface area (Å²) in [5.74, 6) is 1.91. The first-order valence-corrected chi connectivity index (χ1v) is 11.4. The van der Waals surface area contributed by atoms with Gasteiger partial charge in [-0.25, -0.2) is 4.79 Å². The molecule has 0 amide bonds. The molecule has 1 N–H and O–H groups in total. The molecule has 1 saturated carbocycles. The molecule has 0 bridgehead atoms. The second kappa shape index (κ2) is 11.7. The van der Waals surface area contributed by atoms with E-state index in [0.29, 0.717) is 18.9 Å². The molecule has 1 aliphatic rings. The fraction of sp³-hybridized carbons (Fsp3) is 0.444. The van der Waals surface area contributed by atoms with Gasteiger partial charge in [0.15, 0.2) is 0 Å². The zero-order chi connectivity index (χ0) is 22.1. The predicted molar refractivity (Wildman–Crippen MR) is 124 cm³/mol. The Morgan fingerprint density at radius 2 is 1.77 bits per heavy atom. The van der Waals surface area contributed by atoms with Gasteiger partial charge in [0, 0.05) is 6.08 Å². The van der Waals surface area contributed by atoms with E-state index in [2.05, 4.69) is 49.9 Å². The van der Waals surface area contributed by atoms with Crippen LogP contribution in [0.1, 0.15) is 56.1 Å². The molecule has 0 unspecified atom stereocenters. The van der Waals surface area contributed by atoms with Crippen LogP contribution in [0.15, 0.2) is 55.1 Å². The molecule has 2 aromatic carbocycles. The Balaban J connectivity index is 1.71. The summed E-state index contributed by atoms with van der Waals surface area (Å²) in [5.41, 5.74) is 4.81. The van der Waals surface area contributed by atoms with E-state index >= 15 is 0 Å². The van der Waals surface area contributed by atoms with Crippen LogP contribution in [0.4, 0.5) is 0 Å². The van der Waals surface area contributed by atoms with Crippen LogP contribution in [-0.2, 0) is 16.0 Å². The normalized spacial score (nSPS) is 18.4. The molecule has 0 aromatic heterocycles. The molecule has 0 aliphatic heterocycles. The molecule has 1 aliphatic carbocycles. The highest BCUT2D eigenvalue weighted by atomic mass is 16.5. The molecule has 3 rings (SSSR count). The van der Waals surface area contributed by atoms with Crippen LogP contribution in [0, 0.1) is 5.92 Å². The molecule has 166 valence electrons. The maximum absolute atomic E-state index is 11.2.